The second-order valence-corrected chi connectivity index (χ2v) is 30.9. The molecule has 6 amide bonds. The van der Waals surface area contributed by atoms with Crippen LogP contribution >= 0.6 is 11.8 Å². The summed E-state index contributed by atoms with van der Waals surface area (Å²) >= 11 is 1.53. The van der Waals surface area contributed by atoms with Crippen LogP contribution in [0.3, 0.4) is 0 Å². The van der Waals surface area contributed by atoms with Crippen molar-refractivity contribution in [3.05, 3.63) is 36.0 Å². The first kappa shape index (κ1) is 99.2. The maximum Gasteiger partial charge on any atom is 0.304 e. The van der Waals surface area contributed by atoms with E-state index in [9.17, 15) is 67.7 Å². The molecule has 0 saturated heterocycles. The third-order valence-electron chi connectivity index (χ3n) is 20.1. The number of nitrogens with two attached hydrogens (primary N) is 6. The van der Waals surface area contributed by atoms with Crippen LogP contribution in [0.1, 0.15) is 254 Å². The molecule has 0 bridgehead atoms. The van der Waals surface area contributed by atoms with E-state index in [1.807, 2.05) is 71.3 Å². The van der Waals surface area contributed by atoms with Gasteiger partial charge in [0.2, 0.25) is 35.4 Å². The van der Waals surface area contributed by atoms with Gasteiger partial charge in [0.1, 0.15) is 11.8 Å². The molecule has 0 aliphatic heterocycles. The number of hydrogen-bond acceptors (Lipinski definition) is 17. The highest BCUT2D eigenvalue weighted by atomic mass is 32.2. The maximum atomic E-state index is 14.3. The first-order valence-corrected chi connectivity index (χ1v) is 41.2. The fourth-order valence-corrected chi connectivity index (χ4v) is 13.7. The summed E-state index contributed by atoms with van der Waals surface area (Å²) in [4.78, 5) is 169. The lowest BCUT2D eigenvalue weighted by Crippen LogP contribution is -2.50. The number of aromatic nitrogens is 1. The van der Waals surface area contributed by atoms with Gasteiger partial charge in [-0.15, -0.1) is 0 Å². The SMILES string of the molecule is CCCCCCCCCCCCCCCC(=O)N[C@H](C(=O)C[C@@H](CC(=O)O)C(=O)N[C@@H](CCCN=C(N)N)C(=O)C[C@@H](CC(C)C)C(=O)NC)[C@@H](C)O.CC[C@H](C)[C@H](CC(=O)[C@H](C)NC(=O)[C@H](CCSC)CC(=O)[C@H](Cc1c[nH]c2ccccc12)NC(=O)[C@H](CCCCN)CC(=O)[C@@H](C)CCCN=C(N)N)C(N)=O. The predicted octanol–water partition coefficient (Wildman–Crippen LogP) is 7.82. The summed E-state index contributed by atoms with van der Waals surface area (Å²) < 4.78 is 0. The number of rotatable bonds is 62. The Balaban J connectivity index is 0.00000109. The normalized spacial score (nSPS) is 14.6. The van der Waals surface area contributed by atoms with E-state index in [-0.39, 0.29) is 104 Å². The van der Waals surface area contributed by atoms with Gasteiger partial charge >= 0.3 is 5.97 Å². The third-order valence-corrected chi connectivity index (χ3v) is 20.7. The zero-order chi connectivity index (χ0) is 82.0. The molecule has 1 aromatic heterocycles. The summed E-state index contributed by atoms with van der Waals surface area (Å²) in [5, 5.41) is 34.4. The number of nitrogens with zero attached hydrogens (tertiary/aromatic N) is 2. The van der Waals surface area contributed by atoms with Crippen LogP contribution in [0, 0.1) is 47.3 Å². The highest BCUT2D eigenvalue weighted by Gasteiger charge is 2.37. The molecule has 20 N–H and O–H groups in total. The van der Waals surface area contributed by atoms with Crippen molar-refractivity contribution < 1.29 is 67.7 Å². The van der Waals surface area contributed by atoms with Crippen LogP contribution in [0.5, 0.6) is 0 Å². The predicted molar refractivity (Wildman–Crippen MR) is 432 cm³/mol. The van der Waals surface area contributed by atoms with Crippen molar-refractivity contribution in [1.82, 2.24) is 31.6 Å². The van der Waals surface area contributed by atoms with Crippen LogP contribution < -0.4 is 61.0 Å². The second kappa shape index (κ2) is 57.3. The quantitative estimate of drug-likeness (QED) is 0.0170. The number of aliphatic hydroxyl groups is 1. The Morgan fingerprint density at radius 3 is 1.61 bits per heavy atom. The molecule has 0 spiro atoms. The Hall–Kier alpha value is -7.79. The first-order chi connectivity index (χ1) is 51.7. The summed E-state index contributed by atoms with van der Waals surface area (Å²) in [6, 6.07) is 3.31. The zero-order valence-corrected chi connectivity index (χ0v) is 68.0. The Bertz CT molecular complexity index is 3150. The molecule has 1 aromatic carbocycles. The van der Waals surface area contributed by atoms with Crippen molar-refractivity contribution in [2.24, 2.45) is 91.7 Å². The van der Waals surface area contributed by atoms with Crippen molar-refractivity contribution in [3.63, 3.8) is 0 Å². The number of ketones is 5. The molecule has 0 aliphatic rings. The van der Waals surface area contributed by atoms with Gasteiger partial charge in [-0.25, -0.2) is 0 Å². The number of aliphatic hydroxyl groups excluding tert-OH is 1. The van der Waals surface area contributed by atoms with E-state index in [1.54, 1.807) is 6.92 Å². The van der Waals surface area contributed by atoms with E-state index < -0.39 is 120 Å². The highest BCUT2D eigenvalue weighted by Crippen LogP contribution is 2.27. The maximum absolute atomic E-state index is 14.3. The van der Waals surface area contributed by atoms with E-state index in [0.29, 0.717) is 83.1 Å². The van der Waals surface area contributed by atoms with Crippen molar-refractivity contribution in [1.29, 1.82) is 0 Å². The number of carboxylic acids is 1. The third kappa shape index (κ3) is 42.8. The van der Waals surface area contributed by atoms with Crippen LogP contribution in [-0.4, -0.2) is 166 Å². The summed E-state index contributed by atoms with van der Waals surface area (Å²) in [6.07, 6.45) is 20.9. The molecule has 1 heterocycles. The van der Waals surface area contributed by atoms with Crippen LogP contribution in [0.25, 0.3) is 10.9 Å². The Morgan fingerprint density at radius 2 is 1.06 bits per heavy atom. The molecule has 0 unspecified atom stereocenters. The first-order valence-electron chi connectivity index (χ1n) is 39.8. The van der Waals surface area contributed by atoms with Gasteiger partial charge in [-0.2, -0.15) is 11.8 Å². The highest BCUT2D eigenvalue weighted by molar-refractivity contribution is 7.98. The Labute approximate surface area is 652 Å². The number of nitrogens with one attached hydrogen (secondary N) is 6. The minimum Gasteiger partial charge on any atom is -0.481 e. The number of primary amides is 1. The number of aliphatic imine (C=N–C) groups is 2. The largest absolute Gasteiger partial charge is 0.481 e. The van der Waals surface area contributed by atoms with Gasteiger partial charge in [0.15, 0.2) is 35.1 Å². The van der Waals surface area contributed by atoms with Crippen molar-refractivity contribution in [2.45, 2.75) is 285 Å². The monoisotopic (exact) mass is 1550 g/mol. The van der Waals surface area contributed by atoms with Crippen molar-refractivity contribution in [2.75, 3.05) is 38.7 Å². The number of guanidine groups is 2. The fraction of sp³-hybridized carbons (Fsp3) is 0.725. The number of thioether (sulfide) groups is 1. The number of unbranched alkanes of at least 4 members (excludes halogenated alkanes) is 13. The number of para-hydroxylation sites is 1. The van der Waals surface area contributed by atoms with Gasteiger partial charge in [-0.3, -0.25) is 67.5 Å². The van der Waals surface area contributed by atoms with Gasteiger partial charge in [0, 0.05) is 112 Å². The number of H-pyrrole nitrogens is 1. The lowest BCUT2D eigenvalue weighted by molar-refractivity contribution is -0.143. The lowest BCUT2D eigenvalue weighted by atomic mass is 9.85. The number of Topliss-reactive ketones (excluding diaryl/α,β-unsaturated/α-hetero) is 5. The van der Waals surface area contributed by atoms with E-state index in [4.69, 9.17) is 34.4 Å². The zero-order valence-electron chi connectivity index (χ0n) is 67.2. The molecule has 0 fully saturated rings. The summed E-state index contributed by atoms with van der Waals surface area (Å²) in [6.45, 7) is 15.6. The number of fused-ring (bicyclic) bond motifs is 1. The molecule has 109 heavy (non-hydrogen) atoms. The number of carboxylic acid groups (broad SMARTS) is 1. The number of benzene rings is 1. The van der Waals surface area contributed by atoms with Crippen LogP contribution in [0.2, 0.25) is 0 Å². The molecule has 28 nitrogen and oxygen atoms in total. The molecular formula is C80H138N14O14S. The number of hydrogen-bond donors (Lipinski definition) is 14. The number of carbonyl (C=O) groups excluding carboxylic acids is 11. The van der Waals surface area contributed by atoms with Gasteiger partial charge in [-0.05, 0) is 114 Å². The van der Waals surface area contributed by atoms with Gasteiger partial charge in [0.05, 0.1) is 36.6 Å². The topological polar surface area (TPSA) is 502 Å². The lowest BCUT2D eigenvalue weighted by Gasteiger charge is -2.25. The molecule has 12 atom stereocenters. The molecule has 2 aromatic rings. The summed E-state index contributed by atoms with van der Waals surface area (Å²) in [5.41, 5.74) is 34.7. The van der Waals surface area contributed by atoms with Crippen LogP contribution in [0.15, 0.2) is 40.4 Å². The number of aromatic amines is 1. The van der Waals surface area contributed by atoms with Crippen LogP contribution in [-0.2, 0) is 64.0 Å². The molecule has 29 heteroatoms. The van der Waals surface area contributed by atoms with E-state index >= 15 is 0 Å². The van der Waals surface area contributed by atoms with Gasteiger partial charge in [0.25, 0.3) is 0 Å². The summed E-state index contributed by atoms with van der Waals surface area (Å²) in [7, 11) is 1.48. The van der Waals surface area contributed by atoms with Gasteiger partial charge in [-0.1, -0.05) is 150 Å². The average Bonchev–Trinajstić information content (AvgIpc) is 1.71. The summed E-state index contributed by atoms with van der Waals surface area (Å²) in [5.74, 6) is -10.2. The van der Waals surface area contributed by atoms with E-state index in [1.165, 1.54) is 83.5 Å². The van der Waals surface area contributed by atoms with Crippen LogP contribution in [0.4, 0.5) is 0 Å². The molecule has 2 rings (SSSR count). The average molecular weight is 1550 g/mol. The Morgan fingerprint density at radius 1 is 0.541 bits per heavy atom. The minimum absolute atomic E-state index is 0.00613. The molecule has 0 aliphatic carbocycles. The number of amides is 6. The standard InChI is InChI=1S/C41H66N8O6S.C39H72N6O8/c1-6-25(2)32(38(43)53)23-36(51)27(4)48-39(54)29(16-19-56-5)22-37(52)34(20-30-24-47-33-15-8-7-14-31(30)33)49-40(55)28(13-9-10-17-42)21-35(50)26(3)12-11-18-46-41(44)45;1-6-7-8-9-10-11-12-13-14-15-16-17-18-21-34(49)45-36(28(4)46)33(48)25-30(26-35(50)51)38(53)44-31(20-19-22-43-39(40)41)32(47)24-29(23-27(2)3)37(52)42-5/h7-8,14-15,24-29,32,34,47H,6,9-13,16-23,42H2,1-5H3,(H2,43,53)(H,48,54)(H,49,55)(H4,44,45,46);27-31,36,46H,6-26H2,1-5H3,(H,42,52)(H,44,53)(H,45,49)(H,50,51)(H4,40,41,43)/t25-,26-,27-,28+,29+,32-,34-;28-,29-,30+,31+,36+/m01/s1. The minimum atomic E-state index is -1.39. The van der Waals surface area contributed by atoms with Crippen molar-refractivity contribution >= 4 is 105 Å². The molecule has 0 radical (unpaired) electrons. The molecular weight excluding hydrogens is 1410 g/mol. The number of carbonyl (C=O) groups is 12. The smallest absolute Gasteiger partial charge is 0.304 e. The Kier molecular flexibility index (Phi) is 52.2. The fourth-order valence-electron chi connectivity index (χ4n) is 13.2. The van der Waals surface area contributed by atoms with Gasteiger partial charge < -0.3 is 76.2 Å². The van der Waals surface area contributed by atoms with E-state index in [0.717, 1.165) is 35.7 Å². The second-order valence-electron chi connectivity index (χ2n) is 29.9. The van der Waals surface area contributed by atoms with Crippen molar-refractivity contribution in [3.8, 4) is 0 Å². The van der Waals surface area contributed by atoms with E-state index in [2.05, 4.69) is 48.5 Å². The number of aliphatic carboxylic acids is 1. The molecule has 0 saturated carbocycles. The molecule has 618 valence electrons.